The van der Waals surface area contributed by atoms with Crippen LogP contribution >= 0.6 is 15.9 Å². The van der Waals surface area contributed by atoms with Crippen LogP contribution in [0.5, 0.6) is 5.75 Å². The first-order chi connectivity index (χ1) is 15.4. The van der Waals surface area contributed by atoms with Crippen LogP contribution in [0.15, 0.2) is 88.2 Å². The summed E-state index contributed by atoms with van der Waals surface area (Å²) in [6, 6.07) is 22.2. The minimum atomic E-state index is -3.88. The van der Waals surface area contributed by atoms with E-state index in [1.54, 1.807) is 19.2 Å². The van der Waals surface area contributed by atoms with Gasteiger partial charge in [-0.3, -0.25) is 4.79 Å². The van der Waals surface area contributed by atoms with E-state index in [1.165, 1.54) is 12.1 Å². The molecule has 2 N–H and O–H groups in total. The number of rotatable bonds is 10. The molecule has 0 unspecified atom stereocenters. The van der Waals surface area contributed by atoms with E-state index in [0.717, 1.165) is 21.3 Å². The Morgan fingerprint density at radius 2 is 1.62 bits per heavy atom. The van der Waals surface area contributed by atoms with Gasteiger partial charge in [-0.1, -0.05) is 64.5 Å². The van der Waals surface area contributed by atoms with Gasteiger partial charge in [-0.25, -0.2) is 8.42 Å². The Balaban J connectivity index is 1.73. The Hall–Kier alpha value is -2.68. The third-order valence-corrected chi connectivity index (χ3v) is 6.92. The van der Waals surface area contributed by atoms with Crippen LogP contribution in [0.4, 0.5) is 0 Å². The predicted molar refractivity (Wildman–Crippen MR) is 128 cm³/mol. The van der Waals surface area contributed by atoms with Crippen molar-refractivity contribution >= 4 is 31.9 Å². The van der Waals surface area contributed by atoms with Gasteiger partial charge in [-0.15, -0.1) is 0 Å². The van der Waals surface area contributed by atoms with Gasteiger partial charge in [0.1, 0.15) is 11.8 Å². The van der Waals surface area contributed by atoms with Crippen LogP contribution < -0.4 is 14.8 Å². The van der Waals surface area contributed by atoms with E-state index in [2.05, 4.69) is 26.0 Å². The molecule has 0 saturated heterocycles. The summed E-state index contributed by atoms with van der Waals surface area (Å²) >= 11 is 3.30. The van der Waals surface area contributed by atoms with Gasteiger partial charge in [0, 0.05) is 11.0 Å². The van der Waals surface area contributed by atoms with E-state index in [1.807, 2.05) is 54.6 Å². The Kier molecular flexibility index (Phi) is 8.44. The molecule has 3 aromatic rings. The molecule has 0 saturated carbocycles. The number of carbonyl (C=O) groups is 1. The lowest BCUT2D eigenvalue weighted by Crippen LogP contribution is -2.48. The number of hydrogen-bond donors (Lipinski definition) is 2. The lowest BCUT2D eigenvalue weighted by molar-refractivity contribution is -0.122. The molecule has 32 heavy (non-hydrogen) atoms. The molecule has 0 heterocycles. The molecular weight excluding hydrogens is 492 g/mol. The standard InChI is InChI=1S/C24H25BrN2O4S/c1-31-23-10-6-5-9-19(23)15-16-26-24(28)22(17-18-7-3-2-4-8-18)27-32(29,30)21-13-11-20(25)12-14-21/h2-14,22,27H,15-17H2,1H3,(H,26,28)/t22-/m0/s1. The molecule has 0 fully saturated rings. The number of ether oxygens (including phenoxy) is 1. The van der Waals surface area contributed by atoms with Gasteiger partial charge in [0.05, 0.1) is 12.0 Å². The van der Waals surface area contributed by atoms with E-state index in [9.17, 15) is 13.2 Å². The molecule has 6 nitrogen and oxygen atoms in total. The quantitative estimate of drug-likeness (QED) is 0.430. The van der Waals surface area contributed by atoms with Crippen LogP contribution in [0.2, 0.25) is 0 Å². The van der Waals surface area contributed by atoms with Crippen molar-refractivity contribution in [3.63, 3.8) is 0 Å². The highest BCUT2D eigenvalue weighted by Gasteiger charge is 2.26. The second-order valence-electron chi connectivity index (χ2n) is 7.17. The van der Waals surface area contributed by atoms with Gasteiger partial charge >= 0.3 is 0 Å². The van der Waals surface area contributed by atoms with Gasteiger partial charge in [0.2, 0.25) is 15.9 Å². The van der Waals surface area contributed by atoms with E-state index in [-0.39, 0.29) is 17.2 Å². The first-order valence-corrected chi connectivity index (χ1v) is 12.4. The molecule has 1 amide bonds. The smallest absolute Gasteiger partial charge is 0.241 e. The number of para-hydroxylation sites is 1. The zero-order valence-corrected chi connectivity index (χ0v) is 20.0. The second kappa shape index (κ2) is 11.3. The number of nitrogens with one attached hydrogen (secondary N) is 2. The Morgan fingerprint density at radius 3 is 2.31 bits per heavy atom. The molecule has 168 valence electrons. The minimum Gasteiger partial charge on any atom is -0.496 e. The molecule has 1 atom stereocenters. The van der Waals surface area contributed by atoms with Crippen LogP contribution in [0.25, 0.3) is 0 Å². The topological polar surface area (TPSA) is 84.5 Å². The summed E-state index contributed by atoms with van der Waals surface area (Å²) in [6.45, 7) is 0.352. The van der Waals surface area contributed by atoms with Crippen molar-refractivity contribution in [1.82, 2.24) is 10.0 Å². The molecule has 8 heteroatoms. The first kappa shape index (κ1) is 24.0. The molecule has 0 aliphatic heterocycles. The maximum Gasteiger partial charge on any atom is 0.241 e. The normalized spacial score (nSPS) is 12.2. The van der Waals surface area contributed by atoms with Crippen LogP contribution in [-0.2, 0) is 27.7 Å². The Morgan fingerprint density at radius 1 is 0.969 bits per heavy atom. The Bertz CT molecular complexity index is 1140. The fourth-order valence-corrected chi connectivity index (χ4v) is 4.72. The summed E-state index contributed by atoms with van der Waals surface area (Å²) < 4.78 is 34.5. The number of methoxy groups -OCH3 is 1. The molecule has 3 rings (SSSR count). The second-order valence-corrected chi connectivity index (χ2v) is 9.80. The number of halogens is 1. The van der Waals surface area contributed by atoms with Crippen molar-refractivity contribution < 1.29 is 17.9 Å². The number of carbonyl (C=O) groups excluding carboxylic acids is 1. The van der Waals surface area contributed by atoms with Crippen molar-refractivity contribution in [2.75, 3.05) is 13.7 Å². The lowest BCUT2D eigenvalue weighted by Gasteiger charge is -2.19. The molecule has 0 aromatic heterocycles. The molecular formula is C24H25BrN2O4S. The van der Waals surface area contributed by atoms with Crippen molar-refractivity contribution in [3.05, 3.63) is 94.5 Å². The molecule has 0 spiro atoms. The highest BCUT2D eigenvalue weighted by molar-refractivity contribution is 9.10. The van der Waals surface area contributed by atoms with Crippen molar-refractivity contribution in [2.45, 2.75) is 23.8 Å². The van der Waals surface area contributed by atoms with Crippen LogP contribution in [0, 0.1) is 0 Å². The third-order valence-electron chi connectivity index (χ3n) is 4.91. The summed E-state index contributed by atoms with van der Waals surface area (Å²) in [4.78, 5) is 13.1. The van der Waals surface area contributed by atoms with Crippen LogP contribution in [0.1, 0.15) is 11.1 Å². The molecule has 0 radical (unpaired) electrons. The fourth-order valence-electron chi connectivity index (χ4n) is 3.26. The molecule has 0 aliphatic rings. The zero-order chi connectivity index (χ0) is 23.0. The van der Waals surface area contributed by atoms with Crippen LogP contribution in [-0.4, -0.2) is 34.0 Å². The third kappa shape index (κ3) is 6.66. The van der Waals surface area contributed by atoms with E-state index < -0.39 is 16.1 Å². The average Bonchev–Trinajstić information content (AvgIpc) is 2.79. The number of amides is 1. The van der Waals surface area contributed by atoms with Gasteiger partial charge < -0.3 is 10.1 Å². The zero-order valence-electron chi connectivity index (χ0n) is 17.6. The van der Waals surface area contributed by atoms with Gasteiger partial charge in [0.25, 0.3) is 0 Å². The maximum atomic E-state index is 13.0. The number of sulfonamides is 1. The van der Waals surface area contributed by atoms with Gasteiger partial charge in [0.15, 0.2) is 0 Å². The predicted octanol–water partition coefficient (Wildman–Crippen LogP) is 3.71. The molecule has 0 bridgehead atoms. The highest BCUT2D eigenvalue weighted by atomic mass is 79.9. The van der Waals surface area contributed by atoms with Gasteiger partial charge in [-0.05, 0) is 54.3 Å². The van der Waals surface area contributed by atoms with E-state index >= 15 is 0 Å². The van der Waals surface area contributed by atoms with E-state index in [0.29, 0.717) is 13.0 Å². The first-order valence-electron chi connectivity index (χ1n) is 10.1. The van der Waals surface area contributed by atoms with Crippen molar-refractivity contribution in [1.29, 1.82) is 0 Å². The Labute approximate surface area is 197 Å². The van der Waals surface area contributed by atoms with Crippen molar-refractivity contribution in [2.24, 2.45) is 0 Å². The summed E-state index contributed by atoms with van der Waals surface area (Å²) in [5.41, 5.74) is 1.82. The van der Waals surface area contributed by atoms with E-state index in [4.69, 9.17) is 4.74 Å². The molecule has 0 aliphatic carbocycles. The minimum absolute atomic E-state index is 0.0978. The summed E-state index contributed by atoms with van der Waals surface area (Å²) in [5.74, 6) is 0.364. The summed E-state index contributed by atoms with van der Waals surface area (Å²) in [5, 5.41) is 2.86. The highest BCUT2D eigenvalue weighted by Crippen LogP contribution is 2.18. The van der Waals surface area contributed by atoms with Gasteiger partial charge in [-0.2, -0.15) is 4.72 Å². The molecule has 3 aromatic carbocycles. The largest absolute Gasteiger partial charge is 0.496 e. The maximum absolute atomic E-state index is 13.0. The summed E-state index contributed by atoms with van der Waals surface area (Å²) in [6.07, 6.45) is 0.796. The summed E-state index contributed by atoms with van der Waals surface area (Å²) in [7, 11) is -2.28. The van der Waals surface area contributed by atoms with Crippen molar-refractivity contribution in [3.8, 4) is 5.75 Å². The fraction of sp³-hybridized carbons (Fsp3) is 0.208. The number of benzene rings is 3. The number of hydrogen-bond acceptors (Lipinski definition) is 4. The lowest BCUT2D eigenvalue weighted by atomic mass is 10.1. The SMILES string of the molecule is COc1ccccc1CCNC(=O)[C@H](Cc1ccccc1)NS(=O)(=O)c1ccc(Br)cc1. The van der Waals surface area contributed by atoms with Crippen LogP contribution in [0.3, 0.4) is 0 Å². The monoisotopic (exact) mass is 516 g/mol. The average molecular weight is 517 g/mol.